The van der Waals surface area contributed by atoms with E-state index in [4.69, 9.17) is 0 Å². The smallest absolute Gasteiger partial charge is 0.0141 e. The summed E-state index contributed by atoms with van der Waals surface area (Å²) in [5.41, 5.74) is 0. The lowest BCUT2D eigenvalue weighted by molar-refractivity contribution is 1.23. The molecule has 0 atom stereocenters. The average Bonchev–Trinajstić information content (AvgIpc) is 1.41. The molecule has 2 heteroatoms. The van der Waals surface area contributed by atoms with Gasteiger partial charge in [-0.15, -0.1) is 0 Å². The van der Waals surface area contributed by atoms with Gasteiger partial charge in [0, 0.05) is 5.75 Å². The van der Waals surface area contributed by atoms with Crippen LogP contribution in [0.4, 0.5) is 0 Å². The van der Waals surface area contributed by atoms with Crippen LogP contribution in [0.2, 0.25) is 0 Å². The molecule has 1 radical (unpaired) electrons. The summed E-state index contributed by atoms with van der Waals surface area (Å²) < 4.78 is 0. The molecule has 0 aliphatic heterocycles. The van der Waals surface area contributed by atoms with Gasteiger partial charge in [-0.05, 0) is 12.2 Å². The zero-order valence-electron chi connectivity index (χ0n) is 2.89. The van der Waals surface area contributed by atoms with Crippen molar-refractivity contribution in [3.05, 3.63) is 5.75 Å². The minimum absolute atomic E-state index is 0.906. The minimum Gasteiger partial charge on any atom is -0.179 e. The first-order chi connectivity index (χ1) is 2.41. The molecule has 0 nitrogen and oxygen atoms in total. The summed E-state index contributed by atoms with van der Waals surface area (Å²) in [7, 11) is 0. The average molecular weight is 107 g/mol. The Kier molecular flexibility index (Phi) is 5.36. The highest BCUT2D eigenvalue weighted by atomic mass is 32.1. The van der Waals surface area contributed by atoms with Crippen molar-refractivity contribution in [2.45, 2.75) is 6.42 Å². The maximum atomic E-state index is 3.92. The highest BCUT2D eigenvalue weighted by molar-refractivity contribution is 7.82. The largest absolute Gasteiger partial charge is 0.179 e. The Morgan fingerprint density at radius 2 is 2.20 bits per heavy atom. The summed E-state index contributed by atoms with van der Waals surface area (Å²) >= 11 is 7.75. The quantitative estimate of drug-likeness (QED) is 0.490. The van der Waals surface area contributed by atoms with E-state index < -0.39 is 0 Å². The van der Waals surface area contributed by atoms with E-state index >= 15 is 0 Å². The van der Waals surface area contributed by atoms with Gasteiger partial charge in [-0.1, -0.05) is 0 Å². The summed E-state index contributed by atoms with van der Waals surface area (Å²) in [5, 5.41) is 0. The lowest BCUT2D eigenvalue weighted by atomic mass is 10.6. The van der Waals surface area contributed by atoms with Crippen molar-refractivity contribution < 1.29 is 0 Å². The Labute approximate surface area is 43.8 Å². The molecule has 0 fully saturated rings. The van der Waals surface area contributed by atoms with Crippen LogP contribution < -0.4 is 0 Å². The van der Waals surface area contributed by atoms with Gasteiger partial charge in [0.2, 0.25) is 0 Å². The molecule has 0 N–H and O–H groups in total. The molecule has 0 bridgehead atoms. The number of hydrogen-bond acceptors (Lipinski definition) is 2. The van der Waals surface area contributed by atoms with E-state index in [1.54, 1.807) is 5.75 Å². The summed E-state index contributed by atoms with van der Waals surface area (Å²) in [4.78, 5) is 0. The van der Waals surface area contributed by atoms with Crippen molar-refractivity contribution in [1.29, 1.82) is 0 Å². The number of thiol groups is 2. The molecule has 0 saturated heterocycles. The van der Waals surface area contributed by atoms with Crippen molar-refractivity contribution in [2.75, 3.05) is 5.75 Å². The predicted octanol–water partition coefficient (Wildman–Crippen LogP) is 1.40. The topological polar surface area (TPSA) is 0 Å². The fourth-order valence-electron chi connectivity index (χ4n) is 0.0577. The number of hydrogen-bond donors (Lipinski definition) is 2. The summed E-state index contributed by atoms with van der Waals surface area (Å²) in [6, 6.07) is 0. The van der Waals surface area contributed by atoms with Crippen LogP contribution in [0.25, 0.3) is 0 Å². The van der Waals surface area contributed by atoms with E-state index in [2.05, 4.69) is 25.3 Å². The normalized spacial score (nSPS) is 8.40. The van der Waals surface area contributed by atoms with Gasteiger partial charge in [-0.25, -0.2) is 0 Å². The first-order valence-corrected chi connectivity index (χ1v) is 2.63. The van der Waals surface area contributed by atoms with Crippen molar-refractivity contribution >= 4 is 25.3 Å². The van der Waals surface area contributed by atoms with Crippen LogP contribution >= 0.6 is 25.3 Å². The van der Waals surface area contributed by atoms with Gasteiger partial charge in [0.15, 0.2) is 0 Å². The molecule has 31 valence electrons. The Hall–Kier alpha value is 0.700. The number of rotatable bonds is 2. The second kappa shape index (κ2) is 4.70. The molecule has 0 amide bonds. The third-order valence-electron chi connectivity index (χ3n) is 0.258. The van der Waals surface area contributed by atoms with Gasteiger partial charge in [-0.3, -0.25) is 0 Å². The van der Waals surface area contributed by atoms with E-state index in [-0.39, 0.29) is 0 Å². The van der Waals surface area contributed by atoms with E-state index in [0.29, 0.717) is 0 Å². The van der Waals surface area contributed by atoms with Crippen LogP contribution in [0, 0.1) is 5.75 Å². The van der Waals surface area contributed by atoms with Gasteiger partial charge < -0.3 is 0 Å². The van der Waals surface area contributed by atoms with Crippen molar-refractivity contribution in [1.82, 2.24) is 0 Å². The minimum atomic E-state index is 0.906. The first-order valence-electron chi connectivity index (χ1n) is 1.48. The van der Waals surface area contributed by atoms with Gasteiger partial charge in [0.05, 0.1) is 0 Å². The Bertz CT molecular complexity index is 12.4. The maximum Gasteiger partial charge on any atom is 0.0141 e. The van der Waals surface area contributed by atoms with Gasteiger partial charge in [0.1, 0.15) is 0 Å². The maximum absolute atomic E-state index is 3.92. The van der Waals surface area contributed by atoms with Crippen LogP contribution in [0.1, 0.15) is 6.42 Å². The van der Waals surface area contributed by atoms with Crippen molar-refractivity contribution in [3.8, 4) is 0 Å². The molecule has 5 heavy (non-hydrogen) atoms. The Balaban J connectivity index is 2.19. The standard InChI is InChI=1S/C3H7S2/c4-2-1-3-5/h2,4-5H,1,3H2. The van der Waals surface area contributed by atoms with E-state index in [1.165, 1.54) is 0 Å². The second-order valence-corrected chi connectivity index (χ2v) is 1.51. The van der Waals surface area contributed by atoms with E-state index in [0.717, 1.165) is 12.2 Å². The summed E-state index contributed by atoms with van der Waals surface area (Å²) in [5.74, 6) is 2.70. The van der Waals surface area contributed by atoms with Crippen LogP contribution in [-0.4, -0.2) is 5.75 Å². The highest BCUT2D eigenvalue weighted by Gasteiger charge is 1.70. The molecule has 0 aliphatic rings. The highest BCUT2D eigenvalue weighted by Crippen LogP contribution is 1.90. The molecular weight excluding hydrogens is 100 g/mol. The molecule has 0 spiro atoms. The fraction of sp³-hybridized carbons (Fsp3) is 0.667. The SMILES string of the molecule is S[CH]CCS. The van der Waals surface area contributed by atoms with Crippen LogP contribution in [0.3, 0.4) is 0 Å². The zero-order chi connectivity index (χ0) is 4.12. The molecule has 0 aromatic carbocycles. The van der Waals surface area contributed by atoms with Gasteiger partial charge in [0.25, 0.3) is 0 Å². The predicted molar refractivity (Wildman–Crippen MR) is 31.8 cm³/mol. The Morgan fingerprint density at radius 3 is 2.20 bits per heavy atom. The summed E-state index contributed by atoms with van der Waals surface area (Å²) in [6.45, 7) is 0. The molecule has 0 heterocycles. The first kappa shape index (κ1) is 5.70. The third-order valence-corrected chi connectivity index (χ3v) is 0.775. The van der Waals surface area contributed by atoms with Gasteiger partial charge in [-0.2, -0.15) is 25.3 Å². The van der Waals surface area contributed by atoms with Crippen LogP contribution in [0.5, 0.6) is 0 Å². The zero-order valence-corrected chi connectivity index (χ0v) is 4.67. The molecule has 0 saturated carbocycles. The van der Waals surface area contributed by atoms with Crippen LogP contribution in [-0.2, 0) is 0 Å². The van der Waals surface area contributed by atoms with E-state index in [9.17, 15) is 0 Å². The van der Waals surface area contributed by atoms with Crippen molar-refractivity contribution in [3.63, 3.8) is 0 Å². The van der Waals surface area contributed by atoms with Crippen LogP contribution in [0.15, 0.2) is 0 Å². The third kappa shape index (κ3) is 4.70. The van der Waals surface area contributed by atoms with Crippen molar-refractivity contribution in [2.24, 2.45) is 0 Å². The molecule has 0 rings (SSSR count). The summed E-state index contributed by atoms with van der Waals surface area (Å²) in [6.07, 6.45) is 0.992. The molecule has 0 aromatic heterocycles. The van der Waals surface area contributed by atoms with Gasteiger partial charge >= 0.3 is 0 Å². The van der Waals surface area contributed by atoms with E-state index in [1.807, 2.05) is 0 Å². The molecule has 0 unspecified atom stereocenters. The monoisotopic (exact) mass is 107 g/mol. The molecular formula is C3H7S2. The Morgan fingerprint density at radius 1 is 1.60 bits per heavy atom. The molecule has 0 aliphatic carbocycles. The molecule has 0 aromatic rings. The lowest BCUT2D eigenvalue weighted by Gasteiger charge is -1.77. The lowest BCUT2D eigenvalue weighted by Crippen LogP contribution is -1.64. The fourth-order valence-corrected chi connectivity index (χ4v) is 0.520. The second-order valence-electron chi connectivity index (χ2n) is 0.695.